The average molecular weight is 460 g/mol. The first-order valence-electron chi connectivity index (χ1n) is 11.1. The van der Waals surface area contributed by atoms with E-state index in [1.54, 1.807) is 21.9 Å². The van der Waals surface area contributed by atoms with Gasteiger partial charge in [0.1, 0.15) is 18.9 Å². The molecule has 0 atom stereocenters. The molecule has 0 radical (unpaired) electrons. The van der Waals surface area contributed by atoms with Crippen LogP contribution < -0.4 is 24.4 Å². The number of nitrogens with one attached hydrogen (secondary N) is 1. The number of hydrogen-bond donors (Lipinski definition) is 1. The van der Waals surface area contributed by atoms with Crippen molar-refractivity contribution in [2.45, 2.75) is 13.2 Å². The quantitative estimate of drug-likeness (QED) is 0.557. The molecule has 5 rings (SSSR count). The molecule has 0 unspecified atom stereocenters. The van der Waals surface area contributed by atoms with E-state index in [2.05, 4.69) is 5.32 Å². The smallest absolute Gasteiger partial charge is 0.325 e. The van der Waals surface area contributed by atoms with E-state index in [1.807, 2.05) is 60.7 Å². The van der Waals surface area contributed by atoms with Gasteiger partial charge in [0.2, 0.25) is 12.7 Å². The molecule has 0 spiro atoms. The maximum absolute atomic E-state index is 12.8. The van der Waals surface area contributed by atoms with Gasteiger partial charge in [0.05, 0.1) is 0 Å². The number of fused-ring (bicyclic) bond motifs is 1. The highest BCUT2D eigenvalue weighted by Gasteiger charge is 2.31. The Balaban J connectivity index is 1.08. The lowest BCUT2D eigenvalue weighted by Gasteiger charge is -2.18. The molecule has 1 saturated heterocycles. The van der Waals surface area contributed by atoms with Crippen LogP contribution in [-0.2, 0) is 17.9 Å². The van der Waals surface area contributed by atoms with Gasteiger partial charge in [-0.3, -0.25) is 9.69 Å². The van der Waals surface area contributed by atoms with Crippen molar-refractivity contribution < 1.29 is 23.8 Å². The van der Waals surface area contributed by atoms with Crippen LogP contribution in [0.25, 0.3) is 0 Å². The van der Waals surface area contributed by atoms with Gasteiger partial charge in [-0.25, -0.2) is 4.79 Å². The molecule has 1 fully saturated rings. The van der Waals surface area contributed by atoms with Crippen LogP contribution in [0.2, 0.25) is 0 Å². The van der Waals surface area contributed by atoms with Crippen molar-refractivity contribution in [2.24, 2.45) is 0 Å². The first-order chi connectivity index (χ1) is 16.7. The Labute approximate surface area is 197 Å². The fraction of sp³-hybridized carbons (Fsp3) is 0.231. The van der Waals surface area contributed by atoms with E-state index in [4.69, 9.17) is 14.2 Å². The van der Waals surface area contributed by atoms with Crippen molar-refractivity contribution in [3.05, 3.63) is 83.9 Å². The minimum atomic E-state index is -0.203. The molecule has 1 N–H and O–H groups in total. The summed E-state index contributed by atoms with van der Waals surface area (Å²) in [6.07, 6.45) is 0. The molecule has 8 heteroatoms. The lowest BCUT2D eigenvalue weighted by Crippen LogP contribution is -2.39. The summed E-state index contributed by atoms with van der Waals surface area (Å²) in [6.45, 7) is 2.07. The van der Waals surface area contributed by atoms with E-state index in [9.17, 15) is 9.59 Å². The van der Waals surface area contributed by atoms with Gasteiger partial charge in [-0.05, 0) is 35.4 Å². The zero-order valence-corrected chi connectivity index (χ0v) is 18.6. The van der Waals surface area contributed by atoms with Crippen molar-refractivity contribution in [3.8, 4) is 17.2 Å². The second kappa shape index (κ2) is 9.74. The van der Waals surface area contributed by atoms with E-state index >= 15 is 0 Å². The first-order valence-corrected chi connectivity index (χ1v) is 11.1. The fourth-order valence-corrected chi connectivity index (χ4v) is 3.90. The molecule has 0 saturated carbocycles. The third kappa shape index (κ3) is 4.91. The van der Waals surface area contributed by atoms with Gasteiger partial charge in [-0.2, -0.15) is 0 Å². The molecular weight excluding hydrogens is 434 g/mol. The molecule has 2 aliphatic rings. The molecule has 8 nitrogen and oxygen atoms in total. The van der Waals surface area contributed by atoms with Crippen molar-refractivity contribution in [2.75, 3.05) is 31.3 Å². The zero-order valence-electron chi connectivity index (χ0n) is 18.6. The number of rotatable bonds is 8. The maximum Gasteiger partial charge on any atom is 0.325 e. The molecule has 0 bridgehead atoms. The van der Waals surface area contributed by atoms with Gasteiger partial charge in [-0.1, -0.05) is 42.5 Å². The van der Waals surface area contributed by atoms with Gasteiger partial charge < -0.3 is 24.4 Å². The molecule has 3 amide bonds. The van der Waals surface area contributed by atoms with E-state index in [-0.39, 0.29) is 25.3 Å². The Hall–Kier alpha value is -4.20. The Morgan fingerprint density at radius 1 is 0.912 bits per heavy atom. The molecule has 3 aromatic rings. The third-order valence-electron chi connectivity index (χ3n) is 5.76. The van der Waals surface area contributed by atoms with Crippen LogP contribution in [0.4, 0.5) is 10.5 Å². The highest BCUT2D eigenvalue weighted by Crippen LogP contribution is 2.36. The topological polar surface area (TPSA) is 80.3 Å². The number of benzene rings is 3. The van der Waals surface area contributed by atoms with E-state index in [1.165, 1.54) is 0 Å². The number of urea groups is 1. The minimum Gasteiger partial charge on any atom is -0.489 e. The molecule has 3 aromatic carbocycles. The average Bonchev–Trinajstić information content (AvgIpc) is 3.49. The SMILES string of the molecule is O=C(CN1CCN(c2ccc3c(c2)OCO3)C1=O)NCc1ccc(OCc2ccccc2)cc1. The highest BCUT2D eigenvalue weighted by atomic mass is 16.7. The number of carbonyl (C=O) groups excluding carboxylic acids is 2. The van der Waals surface area contributed by atoms with Gasteiger partial charge in [0.25, 0.3) is 0 Å². The largest absolute Gasteiger partial charge is 0.489 e. The van der Waals surface area contributed by atoms with Crippen LogP contribution in [0.1, 0.15) is 11.1 Å². The molecule has 34 heavy (non-hydrogen) atoms. The van der Waals surface area contributed by atoms with Crippen LogP contribution in [0, 0.1) is 0 Å². The summed E-state index contributed by atoms with van der Waals surface area (Å²) in [5.74, 6) is 1.86. The van der Waals surface area contributed by atoms with Crippen molar-refractivity contribution in [1.29, 1.82) is 0 Å². The van der Waals surface area contributed by atoms with Gasteiger partial charge in [-0.15, -0.1) is 0 Å². The second-order valence-electron chi connectivity index (χ2n) is 8.09. The number of carbonyl (C=O) groups is 2. The zero-order chi connectivity index (χ0) is 23.3. The van der Waals surface area contributed by atoms with Gasteiger partial charge in [0.15, 0.2) is 11.5 Å². The highest BCUT2D eigenvalue weighted by molar-refractivity contribution is 5.96. The van der Waals surface area contributed by atoms with Crippen molar-refractivity contribution in [1.82, 2.24) is 10.2 Å². The number of nitrogens with zero attached hydrogens (tertiary/aromatic N) is 2. The minimum absolute atomic E-state index is 0.0121. The molecule has 174 valence electrons. The number of amides is 3. The molecular formula is C26H25N3O5. The Morgan fingerprint density at radius 2 is 1.71 bits per heavy atom. The summed E-state index contributed by atoms with van der Waals surface area (Å²) in [5, 5.41) is 2.88. The molecule has 0 aliphatic carbocycles. The van der Waals surface area contributed by atoms with Crippen molar-refractivity contribution in [3.63, 3.8) is 0 Å². The normalized spacial score (nSPS) is 14.4. The second-order valence-corrected chi connectivity index (χ2v) is 8.09. The molecule has 2 heterocycles. The van der Waals surface area contributed by atoms with Gasteiger partial charge in [0, 0.05) is 31.4 Å². The fourth-order valence-electron chi connectivity index (χ4n) is 3.90. The predicted octanol–water partition coefficient (Wildman–Crippen LogP) is 3.55. The summed E-state index contributed by atoms with van der Waals surface area (Å²) in [5.41, 5.74) is 2.79. The van der Waals surface area contributed by atoms with Crippen molar-refractivity contribution >= 4 is 17.6 Å². The lowest BCUT2D eigenvalue weighted by atomic mass is 10.2. The monoisotopic (exact) mass is 459 g/mol. The summed E-state index contributed by atoms with van der Waals surface area (Å²) >= 11 is 0. The number of ether oxygens (including phenoxy) is 3. The summed E-state index contributed by atoms with van der Waals surface area (Å²) in [7, 11) is 0. The Bertz CT molecular complexity index is 1170. The maximum atomic E-state index is 12.8. The van der Waals surface area contributed by atoms with Crippen LogP contribution in [-0.4, -0.2) is 43.3 Å². The lowest BCUT2D eigenvalue weighted by molar-refractivity contribution is -0.121. The van der Waals surface area contributed by atoms with Crippen LogP contribution in [0.3, 0.4) is 0 Å². The summed E-state index contributed by atoms with van der Waals surface area (Å²) in [6, 6.07) is 22.8. The van der Waals surface area contributed by atoms with E-state index in [0.29, 0.717) is 37.7 Å². The van der Waals surface area contributed by atoms with Gasteiger partial charge >= 0.3 is 6.03 Å². The standard InChI is InChI=1S/C26H25N3O5/c30-25(27-15-19-6-9-22(10-7-19)32-17-20-4-2-1-3-5-20)16-28-12-13-29(26(28)31)21-8-11-23-24(14-21)34-18-33-23/h1-11,14H,12-13,15-18H2,(H,27,30). The van der Waals surface area contributed by atoms with Crippen LogP contribution in [0.15, 0.2) is 72.8 Å². The number of anilines is 1. The summed E-state index contributed by atoms with van der Waals surface area (Å²) < 4.78 is 16.5. The Kier molecular flexibility index (Phi) is 6.20. The third-order valence-corrected chi connectivity index (χ3v) is 5.76. The van der Waals surface area contributed by atoms with E-state index < -0.39 is 0 Å². The predicted molar refractivity (Wildman–Crippen MR) is 126 cm³/mol. The van der Waals surface area contributed by atoms with E-state index in [0.717, 1.165) is 22.6 Å². The van der Waals surface area contributed by atoms with Crippen LogP contribution >= 0.6 is 0 Å². The Morgan fingerprint density at radius 3 is 2.53 bits per heavy atom. The molecule has 0 aromatic heterocycles. The first kappa shape index (κ1) is 21.6. The molecule has 2 aliphatic heterocycles. The summed E-state index contributed by atoms with van der Waals surface area (Å²) in [4.78, 5) is 28.4. The number of hydrogen-bond acceptors (Lipinski definition) is 5. The van der Waals surface area contributed by atoms with Crippen LogP contribution in [0.5, 0.6) is 17.2 Å².